The molecule has 29 heavy (non-hydrogen) atoms. The Kier molecular flexibility index (Phi) is 4.53. The SMILES string of the molecule is CC1Cc2cc([N+](=O)[O-])ccc2N1Cc1nnnn1-c1ccc(S(C)(=O)=O)cc1. The number of hydrogen-bond acceptors (Lipinski definition) is 8. The first-order chi connectivity index (χ1) is 13.7. The molecule has 0 fully saturated rings. The van der Waals surface area contributed by atoms with Gasteiger partial charge in [0.05, 0.1) is 22.1 Å². The fourth-order valence-corrected chi connectivity index (χ4v) is 4.16. The summed E-state index contributed by atoms with van der Waals surface area (Å²) in [6.45, 7) is 2.45. The number of hydrogen-bond donors (Lipinski definition) is 0. The molecule has 2 heterocycles. The maximum Gasteiger partial charge on any atom is 0.269 e. The van der Waals surface area contributed by atoms with E-state index in [1.165, 1.54) is 18.2 Å². The summed E-state index contributed by atoms with van der Waals surface area (Å²) >= 11 is 0. The maximum atomic E-state index is 11.7. The lowest BCUT2D eigenvalue weighted by Crippen LogP contribution is -2.30. The fraction of sp³-hybridized carbons (Fsp3) is 0.278. The van der Waals surface area contributed by atoms with Crippen LogP contribution in [0.15, 0.2) is 47.4 Å². The first-order valence-electron chi connectivity index (χ1n) is 8.86. The summed E-state index contributed by atoms with van der Waals surface area (Å²) in [6.07, 6.45) is 1.85. The number of tetrazole rings is 1. The number of nitro benzene ring substituents is 1. The Bertz CT molecular complexity index is 1190. The lowest BCUT2D eigenvalue weighted by atomic mass is 10.1. The van der Waals surface area contributed by atoms with Crippen LogP contribution in [0.1, 0.15) is 18.3 Å². The third kappa shape index (κ3) is 3.56. The van der Waals surface area contributed by atoms with Crippen molar-refractivity contribution in [1.82, 2.24) is 20.2 Å². The number of nitro groups is 1. The molecule has 1 atom stereocenters. The molecule has 4 rings (SSSR count). The lowest BCUT2D eigenvalue weighted by molar-refractivity contribution is -0.384. The van der Waals surface area contributed by atoms with E-state index < -0.39 is 14.8 Å². The Hall–Kier alpha value is -3.34. The van der Waals surface area contributed by atoms with E-state index >= 15 is 0 Å². The van der Waals surface area contributed by atoms with Gasteiger partial charge >= 0.3 is 0 Å². The molecule has 150 valence electrons. The van der Waals surface area contributed by atoms with Crippen LogP contribution in [-0.2, 0) is 22.8 Å². The molecule has 0 aliphatic carbocycles. The maximum absolute atomic E-state index is 11.7. The number of benzene rings is 2. The number of aromatic nitrogens is 4. The summed E-state index contributed by atoms with van der Waals surface area (Å²) in [5.41, 5.74) is 2.56. The molecule has 0 radical (unpaired) electrons. The van der Waals surface area contributed by atoms with Gasteiger partial charge in [0.15, 0.2) is 15.7 Å². The molecule has 1 aliphatic rings. The van der Waals surface area contributed by atoms with Crippen molar-refractivity contribution in [3.05, 3.63) is 64.0 Å². The normalized spacial score (nSPS) is 16.1. The van der Waals surface area contributed by atoms with Gasteiger partial charge in [0.2, 0.25) is 0 Å². The number of non-ortho nitro benzene ring substituents is 1. The molecule has 0 saturated carbocycles. The van der Waals surface area contributed by atoms with E-state index in [-0.39, 0.29) is 16.6 Å². The van der Waals surface area contributed by atoms with E-state index in [4.69, 9.17) is 0 Å². The first-order valence-corrected chi connectivity index (χ1v) is 10.7. The Balaban J connectivity index is 1.63. The molecule has 1 aromatic heterocycles. The van der Waals surface area contributed by atoms with Crippen molar-refractivity contribution in [3.63, 3.8) is 0 Å². The summed E-state index contributed by atoms with van der Waals surface area (Å²) in [4.78, 5) is 13.0. The zero-order valence-electron chi connectivity index (χ0n) is 15.8. The van der Waals surface area contributed by atoms with Crippen molar-refractivity contribution in [3.8, 4) is 5.69 Å². The van der Waals surface area contributed by atoms with Crippen LogP contribution in [0.2, 0.25) is 0 Å². The summed E-state index contributed by atoms with van der Waals surface area (Å²) in [6, 6.07) is 11.3. The predicted octanol–water partition coefficient (Wildman–Crippen LogP) is 1.93. The highest BCUT2D eigenvalue weighted by molar-refractivity contribution is 7.90. The minimum Gasteiger partial charge on any atom is -0.361 e. The largest absolute Gasteiger partial charge is 0.361 e. The highest BCUT2D eigenvalue weighted by Gasteiger charge is 2.29. The fourth-order valence-electron chi connectivity index (χ4n) is 3.53. The van der Waals surface area contributed by atoms with Crippen molar-refractivity contribution in [2.75, 3.05) is 11.2 Å². The Labute approximate surface area is 166 Å². The van der Waals surface area contributed by atoms with Gasteiger partial charge in [-0.25, -0.2) is 8.42 Å². The molecule has 2 aromatic carbocycles. The van der Waals surface area contributed by atoms with Gasteiger partial charge in [-0.05, 0) is 59.7 Å². The van der Waals surface area contributed by atoms with E-state index in [1.807, 2.05) is 6.92 Å². The van der Waals surface area contributed by atoms with Gasteiger partial charge in [-0.2, -0.15) is 4.68 Å². The quantitative estimate of drug-likeness (QED) is 0.458. The van der Waals surface area contributed by atoms with Crippen LogP contribution in [0.4, 0.5) is 11.4 Å². The summed E-state index contributed by atoms with van der Waals surface area (Å²) < 4.78 is 24.9. The lowest BCUT2D eigenvalue weighted by Gasteiger charge is -2.24. The van der Waals surface area contributed by atoms with Crippen LogP contribution in [0, 0.1) is 10.1 Å². The molecule has 0 saturated heterocycles. The van der Waals surface area contributed by atoms with Gasteiger partial charge < -0.3 is 4.90 Å². The number of nitrogens with zero attached hydrogens (tertiary/aromatic N) is 6. The van der Waals surface area contributed by atoms with Crippen molar-refractivity contribution < 1.29 is 13.3 Å². The smallest absolute Gasteiger partial charge is 0.269 e. The van der Waals surface area contributed by atoms with Crippen molar-refractivity contribution in [1.29, 1.82) is 0 Å². The van der Waals surface area contributed by atoms with E-state index in [1.54, 1.807) is 28.9 Å². The van der Waals surface area contributed by atoms with E-state index in [0.717, 1.165) is 17.5 Å². The molecule has 1 aliphatic heterocycles. The van der Waals surface area contributed by atoms with E-state index in [0.29, 0.717) is 24.5 Å². The van der Waals surface area contributed by atoms with E-state index in [9.17, 15) is 18.5 Å². The molecule has 3 aromatic rings. The zero-order valence-corrected chi connectivity index (χ0v) is 16.6. The molecular formula is C18H18N6O4S. The molecular weight excluding hydrogens is 396 g/mol. The summed E-state index contributed by atoms with van der Waals surface area (Å²) in [5, 5.41) is 22.9. The van der Waals surface area contributed by atoms with Gasteiger partial charge in [0.25, 0.3) is 5.69 Å². The Morgan fingerprint density at radius 2 is 1.93 bits per heavy atom. The second-order valence-corrected chi connectivity index (χ2v) is 9.04. The molecule has 0 N–H and O–H groups in total. The number of fused-ring (bicyclic) bond motifs is 1. The molecule has 0 amide bonds. The standard InChI is InChI=1S/C18H18N6O4S/c1-12-9-13-10-15(24(25)26)5-8-17(13)22(12)11-18-19-20-21-23(18)14-3-6-16(7-4-14)29(2,27)28/h3-8,10,12H,9,11H2,1-2H3. The first kappa shape index (κ1) is 19.0. The van der Waals surface area contributed by atoms with Crippen molar-refractivity contribution >= 4 is 21.2 Å². The minimum absolute atomic E-state index is 0.0774. The highest BCUT2D eigenvalue weighted by Crippen LogP contribution is 2.35. The van der Waals surface area contributed by atoms with Crippen LogP contribution in [0.3, 0.4) is 0 Å². The second-order valence-electron chi connectivity index (χ2n) is 7.02. The van der Waals surface area contributed by atoms with Crippen LogP contribution in [0.5, 0.6) is 0 Å². The zero-order chi connectivity index (χ0) is 20.8. The van der Waals surface area contributed by atoms with Crippen molar-refractivity contribution in [2.24, 2.45) is 0 Å². The number of sulfone groups is 1. The molecule has 0 bridgehead atoms. The molecule has 11 heteroatoms. The predicted molar refractivity (Wildman–Crippen MR) is 105 cm³/mol. The third-order valence-corrected chi connectivity index (χ3v) is 6.11. The van der Waals surface area contributed by atoms with Gasteiger partial charge in [0, 0.05) is 30.1 Å². The third-order valence-electron chi connectivity index (χ3n) is 4.99. The summed E-state index contributed by atoms with van der Waals surface area (Å²) in [5.74, 6) is 0.579. The van der Waals surface area contributed by atoms with Gasteiger partial charge in [-0.1, -0.05) is 0 Å². The van der Waals surface area contributed by atoms with Crippen LogP contribution >= 0.6 is 0 Å². The number of anilines is 1. The monoisotopic (exact) mass is 414 g/mol. The topological polar surface area (TPSA) is 124 Å². The second kappa shape index (κ2) is 6.92. The molecule has 1 unspecified atom stereocenters. The average Bonchev–Trinajstić information content (AvgIpc) is 3.25. The van der Waals surface area contributed by atoms with E-state index in [2.05, 4.69) is 20.4 Å². The number of rotatable bonds is 5. The molecule has 10 nitrogen and oxygen atoms in total. The van der Waals surface area contributed by atoms with Crippen LogP contribution < -0.4 is 4.90 Å². The van der Waals surface area contributed by atoms with Gasteiger partial charge in [-0.15, -0.1) is 5.10 Å². The average molecular weight is 414 g/mol. The highest BCUT2D eigenvalue weighted by atomic mass is 32.2. The van der Waals surface area contributed by atoms with Gasteiger partial charge in [-0.3, -0.25) is 10.1 Å². The minimum atomic E-state index is -3.28. The Morgan fingerprint density at radius 1 is 1.21 bits per heavy atom. The Morgan fingerprint density at radius 3 is 2.59 bits per heavy atom. The summed E-state index contributed by atoms with van der Waals surface area (Å²) in [7, 11) is -3.28. The van der Waals surface area contributed by atoms with Gasteiger partial charge in [0.1, 0.15) is 0 Å². The van der Waals surface area contributed by atoms with Crippen LogP contribution in [-0.4, -0.2) is 45.8 Å². The molecule has 0 spiro atoms. The van der Waals surface area contributed by atoms with Crippen LogP contribution in [0.25, 0.3) is 5.69 Å². The van der Waals surface area contributed by atoms with Crippen molar-refractivity contribution in [2.45, 2.75) is 30.8 Å².